The minimum atomic E-state index is -0.195. The van der Waals surface area contributed by atoms with Crippen molar-refractivity contribution in [1.29, 1.82) is 0 Å². The molecule has 1 aliphatic rings. The standard InChI is InChI=1S/C81H117N3O6/c1-16-19-22-25-28-31-34-88-76-61-37-55-43-67(79(4,5)6)45-57(73(55)85-13)39-63-51-71(83)53-65(77(63)89-35-32-29-26-23-20-17-2)41-59-47-69(81(10,11)12)48-60(75(59)87-15)42-66-54-72(84)52-64(78(66)90-36-33-30-27-24-21-18-3)40-58-46-68(80(7,8)9)44-56(74(58)86-14)38-62(76)50-70(82)49-61/h43-54H,16-42,82-84H2,1-15H3. The fraction of sp³-hybridized carbons (Fsp3) is 0.556. The van der Waals surface area contributed by atoms with Gasteiger partial charge in [0, 0.05) is 89.0 Å². The molecule has 6 aromatic carbocycles. The number of hydrogen-bond donors (Lipinski definition) is 3. The van der Waals surface area contributed by atoms with Crippen LogP contribution < -0.4 is 45.6 Å². The van der Waals surface area contributed by atoms with Crippen molar-refractivity contribution in [2.24, 2.45) is 0 Å². The summed E-state index contributed by atoms with van der Waals surface area (Å²) in [5, 5.41) is 0. The Kier molecular flexibility index (Phi) is 26.2. The minimum absolute atomic E-state index is 0.195. The van der Waals surface area contributed by atoms with Gasteiger partial charge in [-0.1, -0.05) is 216 Å². The number of fused-ring (bicyclic) bond motifs is 12. The lowest BCUT2D eigenvalue weighted by Gasteiger charge is -2.27. The third kappa shape index (κ3) is 19.5. The maximum atomic E-state index is 7.19. The summed E-state index contributed by atoms with van der Waals surface area (Å²) in [6.07, 6.45) is 24.1. The third-order valence-corrected chi connectivity index (χ3v) is 18.3. The van der Waals surface area contributed by atoms with Gasteiger partial charge >= 0.3 is 0 Å². The summed E-state index contributed by atoms with van der Waals surface area (Å²) in [6, 6.07) is 26.8. The molecule has 90 heavy (non-hydrogen) atoms. The number of ether oxygens (including phenoxy) is 6. The fourth-order valence-corrected chi connectivity index (χ4v) is 13.2. The summed E-state index contributed by atoms with van der Waals surface area (Å²) < 4.78 is 41.6. The van der Waals surface area contributed by atoms with E-state index in [9.17, 15) is 0 Å². The first-order valence-corrected chi connectivity index (χ1v) is 34.7. The van der Waals surface area contributed by atoms with Gasteiger partial charge in [-0.15, -0.1) is 0 Å². The number of unbranched alkanes of at least 4 members (excludes halogenated alkanes) is 15. The number of anilines is 3. The van der Waals surface area contributed by atoms with Crippen molar-refractivity contribution in [3.05, 3.63) is 156 Å². The summed E-state index contributed by atoms with van der Waals surface area (Å²) in [5.74, 6) is 5.11. The van der Waals surface area contributed by atoms with E-state index in [1.807, 2.05) is 21.3 Å². The molecule has 0 fully saturated rings. The lowest BCUT2D eigenvalue weighted by Crippen LogP contribution is -2.15. The SMILES string of the molecule is CCCCCCCCOc1c2cc(N)cc1Cc1cc(C(C)(C)C)cc(c1OC)Cc1cc(N)cc(c1OCCCCCCCC)Cc1cc(C(C)(C)C)cc(c1OC)Cc1cc(N)cc(c1OCCCCCCCC)Cc1cc(C(C)(C)C)cc(c1OC)C2. The van der Waals surface area contributed by atoms with Crippen LogP contribution in [0.3, 0.4) is 0 Å². The van der Waals surface area contributed by atoms with Crippen molar-refractivity contribution in [3.63, 3.8) is 0 Å². The van der Waals surface area contributed by atoms with Gasteiger partial charge in [-0.3, -0.25) is 0 Å². The van der Waals surface area contributed by atoms with Gasteiger partial charge in [0.05, 0.1) is 41.2 Å². The summed E-state index contributed by atoms with van der Waals surface area (Å²) in [7, 11) is 5.42. The number of benzene rings is 6. The van der Waals surface area contributed by atoms with Gasteiger partial charge in [-0.05, 0) is 122 Å². The quantitative estimate of drug-likeness (QED) is 0.0340. The van der Waals surface area contributed by atoms with Crippen LogP contribution in [0.15, 0.2) is 72.8 Å². The van der Waals surface area contributed by atoms with Gasteiger partial charge < -0.3 is 45.6 Å². The van der Waals surface area contributed by atoms with E-state index in [0.717, 1.165) is 140 Å². The Balaban J connectivity index is 1.54. The van der Waals surface area contributed by atoms with Crippen molar-refractivity contribution < 1.29 is 28.4 Å². The minimum Gasteiger partial charge on any atom is -0.496 e. The maximum absolute atomic E-state index is 7.19. The molecule has 9 nitrogen and oxygen atoms in total. The summed E-state index contributed by atoms with van der Waals surface area (Å²) in [6.45, 7) is 29.2. The second kappa shape index (κ2) is 33.2. The van der Waals surface area contributed by atoms with Gasteiger partial charge in [0.2, 0.25) is 0 Å². The number of hydrogen-bond acceptors (Lipinski definition) is 9. The van der Waals surface area contributed by atoms with Crippen molar-refractivity contribution in [2.45, 2.75) is 253 Å². The lowest BCUT2D eigenvalue weighted by atomic mass is 9.81. The molecule has 0 amide bonds. The molecule has 0 unspecified atom stereocenters. The highest BCUT2D eigenvalue weighted by atomic mass is 16.5. The molecule has 0 atom stereocenters. The summed E-state index contributed by atoms with van der Waals surface area (Å²) in [5.41, 5.74) is 39.0. The van der Waals surface area contributed by atoms with E-state index in [4.69, 9.17) is 45.6 Å². The maximum Gasteiger partial charge on any atom is 0.126 e. The average Bonchev–Trinajstić information content (AvgIpc) is 0.873. The average molecular weight is 1230 g/mol. The number of rotatable bonds is 27. The zero-order valence-electron chi connectivity index (χ0n) is 58.7. The van der Waals surface area contributed by atoms with Crippen LogP contribution in [-0.4, -0.2) is 41.2 Å². The molecule has 9 heteroatoms. The largest absolute Gasteiger partial charge is 0.496 e. The predicted octanol–water partition coefficient (Wildman–Crippen LogP) is 20.4. The Labute approximate surface area is 545 Å². The second-order valence-electron chi connectivity index (χ2n) is 29.1. The van der Waals surface area contributed by atoms with Crippen LogP contribution >= 0.6 is 0 Å². The molecule has 12 bridgehead atoms. The monoisotopic (exact) mass is 1230 g/mol. The highest BCUT2D eigenvalue weighted by Gasteiger charge is 2.29. The molecule has 0 saturated heterocycles. The second-order valence-corrected chi connectivity index (χ2v) is 29.1. The molecule has 0 aliphatic heterocycles. The zero-order chi connectivity index (χ0) is 65.2. The van der Waals surface area contributed by atoms with Crippen molar-refractivity contribution in [3.8, 4) is 34.5 Å². The Bertz CT molecular complexity index is 2790. The smallest absolute Gasteiger partial charge is 0.126 e. The molecule has 0 aromatic heterocycles. The van der Waals surface area contributed by atoms with Crippen LogP contribution in [0.1, 0.15) is 282 Å². The van der Waals surface area contributed by atoms with E-state index in [1.54, 1.807) is 0 Å². The Morgan fingerprint density at radius 1 is 0.267 bits per heavy atom. The first-order valence-electron chi connectivity index (χ1n) is 34.7. The molecule has 6 aromatic rings. The summed E-state index contributed by atoms with van der Waals surface area (Å²) >= 11 is 0. The molecule has 1 aliphatic carbocycles. The van der Waals surface area contributed by atoms with Gasteiger partial charge in [0.1, 0.15) is 34.5 Å². The van der Waals surface area contributed by atoms with Crippen LogP contribution in [0.5, 0.6) is 34.5 Å². The normalized spacial score (nSPS) is 13.0. The Morgan fingerprint density at radius 2 is 0.444 bits per heavy atom. The zero-order valence-corrected chi connectivity index (χ0v) is 58.7. The molecular formula is C81H117N3O6. The molecule has 0 radical (unpaired) electrons. The number of nitrogens with two attached hydrogens (primary N) is 3. The Morgan fingerprint density at radius 3 is 0.622 bits per heavy atom. The van der Waals surface area contributed by atoms with E-state index in [-0.39, 0.29) is 16.2 Å². The molecule has 7 rings (SSSR count). The van der Waals surface area contributed by atoms with E-state index in [2.05, 4.69) is 156 Å². The molecule has 0 saturated carbocycles. The van der Waals surface area contributed by atoms with Gasteiger partial charge in [0.15, 0.2) is 0 Å². The highest BCUT2D eigenvalue weighted by molar-refractivity contribution is 5.64. The molecular weight excluding hydrogens is 1110 g/mol. The van der Waals surface area contributed by atoms with Crippen molar-refractivity contribution in [1.82, 2.24) is 0 Å². The Hall–Kier alpha value is -6.48. The topological polar surface area (TPSA) is 133 Å². The highest BCUT2D eigenvalue weighted by Crippen LogP contribution is 2.45. The first-order chi connectivity index (χ1) is 43.0. The van der Waals surface area contributed by atoms with Gasteiger partial charge in [0.25, 0.3) is 0 Å². The third-order valence-electron chi connectivity index (χ3n) is 18.3. The van der Waals surface area contributed by atoms with Crippen LogP contribution in [0.4, 0.5) is 17.1 Å². The van der Waals surface area contributed by atoms with Crippen LogP contribution in [0, 0.1) is 0 Å². The summed E-state index contributed by atoms with van der Waals surface area (Å²) in [4.78, 5) is 0. The van der Waals surface area contributed by atoms with Crippen LogP contribution in [-0.2, 0) is 54.8 Å². The van der Waals surface area contributed by atoms with E-state index in [0.29, 0.717) is 75.4 Å². The number of nitrogen functional groups attached to an aromatic ring is 3. The molecule has 0 heterocycles. The number of methoxy groups -OCH3 is 3. The van der Waals surface area contributed by atoms with E-state index >= 15 is 0 Å². The van der Waals surface area contributed by atoms with E-state index < -0.39 is 0 Å². The molecule has 6 N–H and O–H groups in total. The fourth-order valence-electron chi connectivity index (χ4n) is 13.2. The van der Waals surface area contributed by atoms with Crippen molar-refractivity contribution in [2.75, 3.05) is 58.4 Å². The van der Waals surface area contributed by atoms with Gasteiger partial charge in [-0.2, -0.15) is 0 Å². The van der Waals surface area contributed by atoms with Crippen molar-refractivity contribution >= 4 is 17.1 Å². The first kappa shape index (κ1) is 71.0. The molecule has 0 spiro atoms. The van der Waals surface area contributed by atoms with E-state index in [1.165, 1.54) is 93.7 Å². The van der Waals surface area contributed by atoms with Crippen LogP contribution in [0.2, 0.25) is 0 Å². The lowest BCUT2D eigenvalue weighted by molar-refractivity contribution is 0.299. The molecule has 492 valence electrons. The van der Waals surface area contributed by atoms with Crippen LogP contribution in [0.25, 0.3) is 0 Å². The van der Waals surface area contributed by atoms with Gasteiger partial charge in [-0.25, -0.2) is 0 Å². The predicted molar refractivity (Wildman–Crippen MR) is 381 cm³/mol.